The lowest BCUT2D eigenvalue weighted by atomic mass is 9.93. The number of aromatic nitrogens is 1. The summed E-state index contributed by atoms with van der Waals surface area (Å²) in [7, 11) is 1.77. The zero-order chi connectivity index (χ0) is 15.0. The highest BCUT2D eigenvalue weighted by Gasteiger charge is 2.54. The monoisotopic (exact) mass is 304 g/mol. The van der Waals surface area contributed by atoms with Gasteiger partial charge in [-0.1, -0.05) is 18.2 Å². The third-order valence-electron chi connectivity index (χ3n) is 4.26. The van der Waals surface area contributed by atoms with Crippen molar-refractivity contribution in [1.29, 1.82) is 0 Å². The van der Waals surface area contributed by atoms with E-state index in [2.05, 4.69) is 4.98 Å². The number of rotatable bonds is 4. The summed E-state index contributed by atoms with van der Waals surface area (Å²) in [5.41, 5.74) is -0.154. The Hall–Kier alpha value is -1.75. The largest absolute Gasteiger partial charge is 0.336 e. The van der Waals surface area contributed by atoms with Gasteiger partial charge in [0.15, 0.2) is 0 Å². The molecule has 3 nitrogen and oxygen atoms in total. The van der Waals surface area contributed by atoms with Gasteiger partial charge in [-0.2, -0.15) is 0 Å². The minimum absolute atomic E-state index is 0.0182. The van der Waals surface area contributed by atoms with E-state index in [1.165, 1.54) is 17.4 Å². The number of likely N-dealkylation sites (N-methyl/N-ethyl adjacent to an activating group) is 1. The predicted octanol–water partition coefficient (Wildman–Crippen LogP) is 3.53. The number of amides is 1. The van der Waals surface area contributed by atoms with Crippen LogP contribution < -0.4 is 0 Å². The van der Waals surface area contributed by atoms with Crippen LogP contribution in [-0.4, -0.2) is 22.8 Å². The molecule has 1 aromatic heterocycles. The van der Waals surface area contributed by atoms with E-state index >= 15 is 0 Å². The molecule has 0 N–H and O–H groups in total. The Morgan fingerprint density at radius 3 is 2.71 bits per heavy atom. The van der Waals surface area contributed by atoms with E-state index in [9.17, 15) is 9.18 Å². The summed E-state index contributed by atoms with van der Waals surface area (Å²) in [6.07, 6.45) is 3.15. The van der Waals surface area contributed by atoms with Crippen molar-refractivity contribution in [2.75, 3.05) is 7.05 Å². The smallest absolute Gasteiger partial charge is 0.233 e. The molecule has 1 aliphatic rings. The van der Waals surface area contributed by atoms with Crippen LogP contribution in [0.5, 0.6) is 0 Å². The van der Waals surface area contributed by atoms with Crippen LogP contribution >= 0.6 is 11.3 Å². The standard InChI is InChI=1S/C16H17FN2OS/c1-11(14-18-9-10-21-14)19(2)15(20)16(7-8-16)12-5-3-4-6-13(12)17/h3-6,9-11H,7-8H2,1-2H3. The highest BCUT2D eigenvalue weighted by molar-refractivity contribution is 7.09. The van der Waals surface area contributed by atoms with E-state index in [0.717, 1.165) is 5.01 Å². The van der Waals surface area contributed by atoms with Gasteiger partial charge in [-0.05, 0) is 25.8 Å². The van der Waals surface area contributed by atoms with Gasteiger partial charge < -0.3 is 4.90 Å². The zero-order valence-corrected chi connectivity index (χ0v) is 12.9. The summed E-state index contributed by atoms with van der Waals surface area (Å²) in [4.78, 5) is 18.8. The summed E-state index contributed by atoms with van der Waals surface area (Å²) in [5.74, 6) is -0.311. The minimum atomic E-state index is -0.675. The molecule has 21 heavy (non-hydrogen) atoms. The van der Waals surface area contributed by atoms with Gasteiger partial charge in [0.05, 0.1) is 11.5 Å². The Morgan fingerprint density at radius 1 is 1.43 bits per heavy atom. The number of carbonyl (C=O) groups excluding carboxylic acids is 1. The molecule has 0 aliphatic heterocycles. The fraction of sp³-hybridized carbons (Fsp3) is 0.375. The first-order valence-electron chi connectivity index (χ1n) is 6.98. The van der Waals surface area contributed by atoms with Crippen LogP contribution in [0.1, 0.15) is 36.4 Å². The molecule has 1 amide bonds. The SMILES string of the molecule is CC(c1nccs1)N(C)C(=O)C1(c2ccccc2F)CC1. The van der Waals surface area contributed by atoms with Gasteiger partial charge in [0, 0.05) is 24.2 Å². The Morgan fingerprint density at radius 2 is 2.14 bits per heavy atom. The maximum absolute atomic E-state index is 14.0. The van der Waals surface area contributed by atoms with E-state index in [4.69, 9.17) is 0 Å². The molecule has 1 saturated carbocycles. The van der Waals surface area contributed by atoms with Crippen LogP contribution in [0.25, 0.3) is 0 Å². The van der Waals surface area contributed by atoms with Gasteiger partial charge in [-0.3, -0.25) is 4.79 Å². The summed E-state index contributed by atoms with van der Waals surface area (Å²) >= 11 is 1.53. The molecule has 1 aromatic carbocycles. The van der Waals surface area contributed by atoms with E-state index in [1.807, 2.05) is 12.3 Å². The number of hydrogen-bond donors (Lipinski definition) is 0. The number of nitrogens with zero attached hydrogens (tertiary/aromatic N) is 2. The Balaban J connectivity index is 1.87. The average molecular weight is 304 g/mol. The Kier molecular flexibility index (Phi) is 3.53. The molecule has 3 rings (SSSR count). The second kappa shape index (κ2) is 5.22. The maximum atomic E-state index is 14.0. The predicted molar refractivity (Wildman–Crippen MR) is 80.6 cm³/mol. The van der Waals surface area contributed by atoms with Crippen molar-refractivity contribution in [2.24, 2.45) is 0 Å². The summed E-state index contributed by atoms with van der Waals surface area (Å²) < 4.78 is 14.0. The molecule has 2 aromatic rings. The normalized spacial score (nSPS) is 17.3. The Labute approximate surface area is 127 Å². The lowest BCUT2D eigenvalue weighted by Gasteiger charge is -2.28. The molecule has 1 aliphatic carbocycles. The molecule has 110 valence electrons. The van der Waals surface area contributed by atoms with Crippen LogP contribution in [-0.2, 0) is 10.2 Å². The topological polar surface area (TPSA) is 33.2 Å². The van der Waals surface area contributed by atoms with Crippen molar-refractivity contribution in [3.05, 3.63) is 52.2 Å². The minimum Gasteiger partial charge on any atom is -0.336 e. The van der Waals surface area contributed by atoms with Gasteiger partial charge in [0.2, 0.25) is 5.91 Å². The first-order valence-corrected chi connectivity index (χ1v) is 7.86. The first kappa shape index (κ1) is 14.2. The summed E-state index contributed by atoms with van der Waals surface area (Å²) in [6, 6.07) is 6.49. The Bertz CT molecular complexity index is 652. The molecule has 0 saturated heterocycles. The van der Waals surface area contributed by atoms with Crippen LogP contribution in [0.15, 0.2) is 35.8 Å². The van der Waals surface area contributed by atoms with Crippen LogP contribution in [0, 0.1) is 5.82 Å². The fourth-order valence-electron chi connectivity index (χ4n) is 2.69. The van der Waals surface area contributed by atoms with E-state index in [1.54, 1.807) is 36.3 Å². The van der Waals surface area contributed by atoms with Gasteiger partial charge in [0.25, 0.3) is 0 Å². The fourth-order valence-corrected chi connectivity index (χ4v) is 3.43. The molecular weight excluding hydrogens is 287 g/mol. The van der Waals surface area contributed by atoms with Crippen molar-refractivity contribution >= 4 is 17.2 Å². The first-order chi connectivity index (χ1) is 10.1. The molecule has 1 unspecified atom stereocenters. The highest BCUT2D eigenvalue weighted by Crippen LogP contribution is 2.51. The molecule has 0 spiro atoms. The second-order valence-electron chi connectivity index (χ2n) is 5.52. The van der Waals surface area contributed by atoms with Gasteiger partial charge >= 0.3 is 0 Å². The maximum Gasteiger partial charge on any atom is 0.233 e. The molecule has 0 radical (unpaired) electrons. The number of halogens is 1. The third kappa shape index (κ3) is 2.35. The van der Waals surface area contributed by atoms with Crippen molar-refractivity contribution in [2.45, 2.75) is 31.2 Å². The van der Waals surface area contributed by atoms with E-state index < -0.39 is 5.41 Å². The number of carbonyl (C=O) groups is 1. The quantitative estimate of drug-likeness (QED) is 0.865. The summed E-state index contributed by atoms with van der Waals surface area (Å²) in [6.45, 7) is 1.95. The van der Waals surface area contributed by atoms with Crippen molar-refractivity contribution < 1.29 is 9.18 Å². The molecule has 0 bridgehead atoms. The molecule has 1 fully saturated rings. The summed E-state index contributed by atoms with van der Waals surface area (Å²) in [5, 5.41) is 2.80. The van der Waals surface area contributed by atoms with Gasteiger partial charge in [0.1, 0.15) is 10.8 Å². The lowest BCUT2D eigenvalue weighted by molar-refractivity contribution is -0.134. The van der Waals surface area contributed by atoms with Gasteiger partial charge in [-0.15, -0.1) is 11.3 Å². The third-order valence-corrected chi connectivity index (χ3v) is 5.20. The molecule has 1 atom stereocenters. The lowest BCUT2D eigenvalue weighted by Crippen LogP contribution is -2.38. The van der Waals surface area contributed by atoms with Crippen molar-refractivity contribution in [3.63, 3.8) is 0 Å². The number of thiazole rings is 1. The zero-order valence-electron chi connectivity index (χ0n) is 12.0. The van der Waals surface area contributed by atoms with Crippen molar-refractivity contribution in [1.82, 2.24) is 9.88 Å². The molecule has 1 heterocycles. The average Bonchev–Trinajstić information content (AvgIpc) is 3.11. The van der Waals surface area contributed by atoms with Gasteiger partial charge in [-0.25, -0.2) is 9.37 Å². The molecular formula is C16H17FN2OS. The van der Waals surface area contributed by atoms with E-state index in [0.29, 0.717) is 18.4 Å². The van der Waals surface area contributed by atoms with Crippen LogP contribution in [0.3, 0.4) is 0 Å². The van der Waals surface area contributed by atoms with Crippen LogP contribution in [0.2, 0.25) is 0 Å². The highest BCUT2D eigenvalue weighted by atomic mass is 32.1. The second-order valence-corrected chi connectivity index (χ2v) is 6.45. The molecule has 5 heteroatoms. The van der Waals surface area contributed by atoms with Crippen LogP contribution in [0.4, 0.5) is 4.39 Å². The number of benzene rings is 1. The van der Waals surface area contributed by atoms with E-state index in [-0.39, 0.29) is 17.8 Å². The van der Waals surface area contributed by atoms with Crippen molar-refractivity contribution in [3.8, 4) is 0 Å². The number of hydrogen-bond acceptors (Lipinski definition) is 3.